The van der Waals surface area contributed by atoms with E-state index in [-0.39, 0.29) is 5.41 Å². The highest BCUT2D eigenvalue weighted by Crippen LogP contribution is 2.42. The van der Waals surface area contributed by atoms with Gasteiger partial charge in [-0.25, -0.2) is 0 Å². The molecule has 0 unspecified atom stereocenters. The average molecular weight is 375 g/mol. The Bertz CT molecular complexity index is 813. The molecule has 1 fully saturated rings. The van der Waals surface area contributed by atoms with Crippen LogP contribution in [0.5, 0.6) is 0 Å². The molecule has 0 aromatic heterocycles. The van der Waals surface area contributed by atoms with Crippen LogP contribution in [0.2, 0.25) is 10.0 Å². The van der Waals surface area contributed by atoms with E-state index in [0.29, 0.717) is 6.54 Å². The zero-order valence-corrected chi connectivity index (χ0v) is 15.4. The standard InChI is InChI=1S/C20H20Cl2N2O/c21-16-3-1-2-14(10-16)13-23-19-20(6-8-25-9-7-20)12-15-4-5-17(22)11-18(15)24-19/h1-5,10-11H,6-9,12-13H2,(H,23,24). The summed E-state index contributed by atoms with van der Waals surface area (Å²) in [5.41, 5.74) is 3.50. The Morgan fingerprint density at radius 1 is 1.04 bits per heavy atom. The van der Waals surface area contributed by atoms with Crippen LogP contribution in [0.3, 0.4) is 0 Å². The number of benzene rings is 2. The van der Waals surface area contributed by atoms with Gasteiger partial charge in [-0.1, -0.05) is 41.4 Å². The molecule has 4 rings (SSSR count). The number of aliphatic imine (C=N–C) groups is 1. The Kier molecular flexibility index (Phi) is 4.72. The minimum Gasteiger partial charge on any atom is -0.381 e. The van der Waals surface area contributed by atoms with E-state index in [4.69, 9.17) is 32.9 Å². The molecule has 0 saturated carbocycles. The molecule has 3 nitrogen and oxygen atoms in total. The third-order valence-corrected chi connectivity index (χ3v) is 5.59. The van der Waals surface area contributed by atoms with E-state index < -0.39 is 0 Å². The van der Waals surface area contributed by atoms with E-state index in [0.717, 1.165) is 59.6 Å². The van der Waals surface area contributed by atoms with Crippen molar-refractivity contribution in [3.05, 3.63) is 63.6 Å². The molecule has 1 N–H and O–H groups in total. The van der Waals surface area contributed by atoms with Crippen molar-refractivity contribution in [3.63, 3.8) is 0 Å². The highest BCUT2D eigenvalue weighted by atomic mass is 35.5. The minimum absolute atomic E-state index is 0.0255. The van der Waals surface area contributed by atoms with Crippen LogP contribution in [0.1, 0.15) is 24.0 Å². The number of nitrogens with zero attached hydrogens (tertiary/aromatic N) is 1. The maximum absolute atomic E-state index is 6.18. The Hall–Kier alpha value is -1.55. The first-order valence-electron chi connectivity index (χ1n) is 8.57. The first-order chi connectivity index (χ1) is 12.1. The van der Waals surface area contributed by atoms with Gasteiger partial charge < -0.3 is 10.1 Å². The molecule has 2 heterocycles. The van der Waals surface area contributed by atoms with Crippen molar-refractivity contribution in [1.82, 2.24) is 0 Å². The summed E-state index contributed by atoms with van der Waals surface area (Å²) in [6.07, 6.45) is 2.94. The molecule has 1 spiro atoms. The molecule has 5 heteroatoms. The predicted octanol–water partition coefficient (Wildman–Crippen LogP) is 5.36. The molecule has 0 atom stereocenters. The van der Waals surface area contributed by atoms with E-state index in [1.165, 1.54) is 5.56 Å². The highest BCUT2D eigenvalue weighted by molar-refractivity contribution is 6.31. The molecule has 0 bridgehead atoms. The van der Waals surface area contributed by atoms with Gasteiger partial charge in [-0.15, -0.1) is 0 Å². The van der Waals surface area contributed by atoms with Crippen molar-refractivity contribution in [2.45, 2.75) is 25.8 Å². The Morgan fingerprint density at radius 2 is 1.84 bits per heavy atom. The Balaban J connectivity index is 1.68. The first-order valence-corrected chi connectivity index (χ1v) is 9.33. The molecular formula is C20H20Cl2N2O. The predicted molar refractivity (Wildman–Crippen MR) is 104 cm³/mol. The topological polar surface area (TPSA) is 33.6 Å². The van der Waals surface area contributed by atoms with E-state index in [1.807, 2.05) is 30.3 Å². The number of fused-ring (bicyclic) bond motifs is 1. The Labute approximate surface area is 158 Å². The minimum atomic E-state index is 0.0255. The molecule has 2 aliphatic rings. The summed E-state index contributed by atoms with van der Waals surface area (Å²) < 4.78 is 5.61. The van der Waals surface area contributed by atoms with E-state index in [1.54, 1.807) is 0 Å². The van der Waals surface area contributed by atoms with Gasteiger partial charge in [0.25, 0.3) is 0 Å². The number of anilines is 1. The number of hydrogen-bond donors (Lipinski definition) is 1. The number of hydrogen-bond acceptors (Lipinski definition) is 2. The molecule has 0 radical (unpaired) electrons. The lowest BCUT2D eigenvalue weighted by atomic mass is 9.71. The molecule has 2 aromatic carbocycles. The van der Waals surface area contributed by atoms with Crippen LogP contribution in [0, 0.1) is 5.41 Å². The third-order valence-electron chi connectivity index (χ3n) is 5.11. The van der Waals surface area contributed by atoms with Gasteiger partial charge in [-0.2, -0.15) is 0 Å². The normalized spacial score (nSPS) is 20.3. The van der Waals surface area contributed by atoms with Gasteiger partial charge in [-0.05, 0) is 54.7 Å². The molecular weight excluding hydrogens is 355 g/mol. The van der Waals surface area contributed by atoms with Crippen molar-refractivity contribution in [1.29, 1.82) is 0 Å². The third kappa shape index (κ3) is 3.55. The first kappa shape index (κ1) is 16.9. The summed E-state index contributed by atoms with van der Waals surface area (Å²) in [5, 5.41) is 5.04. The summed E-state index contributed by atoms with van der Waals surface area (Å²) in [7, 11) is 0. The van der Waals surface area contributed by atoms with Crippen LogP contribution >= 0.6 is 23.2 Å². The number of nitrogens with one attached hydrogen (secondary N) is 1. The maximum atomic E-state index is 6.18. The van der Waals surface area contributed by atoms with Gasteiger partial charge in [0.15, 0.2) is 0 Å². The fourth-order valence-corrected chi connectivity index (χ4v) is 4.10. The van der Waals surface area contributed by atoms with Crippen LogP contribution < -0.4 is 5.32 Å². The van der Waals surface area contributed by atoms with Crippen LogP contribution in [-0.4, -0.2) is 19.0 Å². The molecule has 0 aliphatic carbocycles. The van der Waals surface area contributed by atoms with Crippen LogP contribution in [0.25, 0.3) is 0 Å². The fraction of sp³-hybridized carbons (Fsp3) is 0.350. The quantitative estimate of drug-likeness (QED) is 0.767. The van der Waals surface area contributed by atoms with E-state index >= 15 is 0 Å². The second-order valence-electron chi connectivity index (χ2n) is 6.79. The van der Waals surface area contributed by atoms with Gasteiger partial charge in [0, 0.05) is 34.4 Å². The van der Waals surface area contributed by atoms with Gasteiger partial charge in [-0.3, -0.25) is 4.99 Å². The number of rotatable bonds is 2. The lowest BCUT2D eigenvalue weighted by molar-refractivity contribution is 0.0448. The van der Waals surface area contributed by atoms with Crippen LogP contribution in [-0.2, 0) is 17.7 Å². The smallest absolute Gasteiger partial charge is 0.108 e. The monoisotopic (exact) mass is 374 g/mol. The highest BCUT2D eigenvalue weighted by Gasteiger charge is 2.41. The van der Waals surface area contributed by atoms with Gasteiger partial charge in [0.05, 0.1) is 6.54 Å². The zero-order chi connectivity index (χ0) is 17.3. The lowest BCUT2D eigenvalue weighted by Gasteiger charge is -2.42. The largest absolute Gasteiger partial charge is 0.381 e. The molecule has 2 aromatic rings. The molecule has 1 saturated heterocycles. The zero-order valence-electron chi connectivity index (χ0n) is 13.9. The summed E-state index contributed by atoms with van der Waals surface area (Å²) in [6, 6.07) is 13.9. The average Bonchev–Trinajstić information content (AvgIpc) is 2.61. The Morgan fingerprint density at radius 3 is 2.64 bits per heavy atom. The van der Waals surface area contributed by atoms with Crippen LogP contribution in [0.4, 0.5) is 5.69 Å². The van der Waals surface area contributed by atoms with Gasteiger partial charge in [0.1, 0.15) is 5.84 Å². The van der Waals surface area contributed by atoms with Crippen molar-refractivity contribution >= 4 is 34.7 Å². The number of amidine groups is 1. The summed E-state index contributed by atoms with van der Waals surface area (Å²) in [4.78, 5) is 4.95. The summed E-state index contributed by atoms with van der Waals surface area (Å²) in [6.45, 7) is 2.17. The van der Waals surface area contributed by atoms with Gasteiger partial charge >= 0.3 is 0 Å². The SMILES string of the molecule is Clc1cccc(CN=C2Nc3cc(Cl)ccc3CC23CCOCC3)c1. The second kappa shape index (κ2) is 6.99. The maximum Gasteiger partial charge on any atom is 0.108 e. The van der Waals surface area contributed by atoms with Crippen molar-refractivity contribution in [3.8, 4) is 0 Å². The van der Waals surface area contributed by atoms with Gasteiger partial charge in [0.2, 0.25) is 0 Å². The second-order valence-corrected chi connectivity index (χ2v) is 7.66. The lowest BCUT2D eigenvalue weighted by Crippen LogP contribution is -2.45. The van der Waals surface area contributed by atoms with Crippen molar-refractivity contribution in [2.75, 3.05) is 18.5 Å². The van der Waals surface area contributed by atoms with Crippen LogP contribution in [0.15, 0.2) is 47.5 Å². The summed E-state index contributed by atoms with van der Waals surface area (Å²) in [5.74, 6) is 1.05. The molecule has 0 amide bonds. The fourth-order valence-electron chi connectivity index (χ4n) is 3.72. The van der Waals surface area contributed by atoms with E-state index in [2.05, 4.69) is 17.4 Å². The number of ether oxygens (including phenoxy) is 1. The summed E-state index contributed by atoms with van der Waals surface area (Å²) >= 11 is 12.3. The number of halogens is 2. The van der Waals surface area contributed by atoms with Crippen molar-refractivity contribution < 1.29 is 4.74 Å². The molecule has 2 aliphatic heterocycles. The molecule has 130 valence electrons. The molecule has 25 heavy (non-hydrogen) atoms. The van der Waals surface area contributed by atoms with E-state index in [9.17, 15) is 0 Å². The van der Waals surface area contributed by atoms with Crippen molar-refractivity contribution in [2.24, 2.45) is 10.4 Å².